The van der Waals surface area contributed by atoms with Crippen LogP contribution < -0.4 is 21.8 Å². The lowest BCUT2D eigenvalue weighted by Gasteiger charge is -2.37. The van der Waals surface area contributed by atoms with Crippen molar-refractivity contribution in [1.82, 2.24) is 10.3 Å². The van der Waals surface area contributed by atoms with E-state index in [4.69, 9.17) is 27.8 Å². The molecule has 0 bridgehead atoms. The van der Waals surface area contributed by atoms with Crippen LogP contribution in [0.25, 0.3) is 0 Å². The third-order valence-corrected chi connectivity index (χ3v) is 3.92. The summed E-state index contributed by atoms with van der Waals surface area (Å²) in [6, 6.07) is 3.39. The van der Waals surface area contributed by atoms with Gasteiger partial charge in [-0.3, -0.25) is 14.8 Å². The number of alkyl carbamates (subject to hydrolysis) is 1. The van der Waals surface area contributed by atoms with E-state index in [1.54, 1.807) is 68.3 Å². The number of benzene rings is 1. The number of nitrogen functional groups attached to an aromatic ring is 1. The molecule has 1 aliphatic rings. The fourth-order valence-corrected chi connectivity index (χ4v) is 2.80. The molecule has 0 aromatic heterocycles. The summed E-state index contributed by atoms with van der Waals surface area (Å²) in [7, 11) is 1.78. The largest absolute Gasteiger partial charge is 0.444 e. The molecule has 0 spiro atoms. The highest BCUT2D eigenvalue weighted by Crippen LogP contribution is 2.33. The van der Waals surface area contributed by atoms with Crippen LogP contribution in [0, 0.1) is 0 Å². The molecule has 1 aromatic carbocycles. The van der Waals surface area contributed by atoms with E-state index in [1.165, 1.54) is 0 Å². The van der Waals surface area contributed by atoms with E-state index < -0.39 is 29.7 Å². The maximum absolute atomic E-state index is 12.1. The molecule has 0 aliphatic carbocycles. The van der Waals surface area contributed by atoms with Gasteiger partial charge in [-0.25, -0.2) is 4.79 Å². The molecule has 0 fully saturated rings. The fraction of sp³-hybridized carbons (Fsp3) is 0.412. The number of carbonyl (C=O) groups is 2. The molecule has 142 valence electrons. The SMILES string of the molecule is CN1C=CC(C(NC(=O)OC(C)(C)C)C(N)=O)N1c1cc(Cl)ccc1N. The van der Waals surface area contributed by atoms with Gasteiger partial charge < -0.3 is 21.5 Å². The highest BCUT2D eigenvalue weighted by Gasteiger charge is 2.37. The lowest BCUT2D eigenvalue weighted by molar-refractivity contribution is -0.120. The predicted octanol–water partition coefficient (Wildman–Crippen LogP) is 1.85. The molecule has 1 heterocycles. The van der Waals surface area contributed by atoms with Gasteiger partial charge in [0.1, 0.15) is 11.6 Å². The van der Waals surface area contributed by atoms with Gasteiger partial charge in [0.15, 0.2) is 0 Å². The van der Waals surface area contributed by atoms with Gasteiger partial charge in [-0.15, -0.1) is 0 Å². The summed E-state index contributed by atoms with van der Waals surface area (Å²) in [4.78, 5) is 24.2. The molecule has 0 saturated heterocycles. The monoisotopic (exact) mass is 381 g/mol. The van der Waals surface area contributed by atoms with Crippen molar-refractivity contribution in [3.8, 4) is 0 Å². The van der Waals surface area contributed by atoms with Crippen molar-refractivity contribution in [2.45, 2.75) is 38.5 Å². The summed E-state index contributed by atoms with van der Waals surface area (Å²) in [5, 5.41) is 6.50. The summed E-state index contributed by atoms with van der Waals surface area (Å²) in [6.07, 6.45) is 2.76. The number of nitrogens with zero attached hydrogens (tertiary/aromatic N) is 2. The Labute approximate surface area is 157 Å². The second-order valence-electron chi connectivity index (χ2n) is 6.98. The van der Waals surface area contributed by atoms with Crippen molar-refractivity contribution >= 4 is 35.0 Å². The van der Waals surface area contributed by atoms with Gasteiger partial charge >= 0.3 is 6.09 Å². The van der Waals surface area contributed by atoms with Gasteiger partial charge in [-0.2, -0.15) is 0 Å². The van der Waals surface area contributed by atoms with Gasteiger partial charge in [-0.05, 0) is 45.0 Å². The lowest BCUT2D eigenvalue weighted by atomic mass is 10.1. The normalized spacial score (nSPS) is 18.0. The van der Waals surface area contributed by atoms with Gasteiger partial charge in [0.05, 0.1) is 17.4 Å². The van der Waals surface area contributed by atoms with E-state index in [2.05, 4.69) is 5.32 Å². The van der Waals surface area contributed by atoms with Crippen LogP contribution in [-0.4, -0.2) is 41.7 Å². The van der Waals surface area contributed by atoms with E-state index in [0.29, 0.717) is 16.4 Å². The van der Waals surface area contributed by atoms with E-state index in [-0.39, 0.29) is 0 Å². The second kappa shape index (κ2) is 7.33. The zero-order valence-electron chi connectivity index (χ0n) is 15.2. The summed E-state index contributed by atoms with van der Waals surface area (Å²) in [5.74, 6) is -0.702. The Morgan fingerprint density at radius 3 is 2.58 bits per heavy atom. The van der Waals surface area contributed by atoms with Crippen molar-refractivity contribution in [3.63, 3.8) is 0 Å². The van der Waals surface area contributed by atoms with Gasteiger partial charge in [0.25, 0.3) is 0 Å². The third kappa shape index (κ3) is 4.51. The lowest BCUT2D eigenvalue weighted by Crippen LogP contribution is -2.58. The van der Waals surface area contributed by atoms with Crippen LogP contribution in [0.3, 0.4) is 0 Å². The molecule has 0 saturated carbocycles. The van der Waals surface area contributed by atoms with Crippen LogP contribution in [0.2, 0.25) is 5.02 Å². The topological polar surface area (TPSA) is 114 Å². The molecule has 2 rings (SSSR count). The minimum absolute atomic E-state index is 0.468. The predicted molar refractivity (Wildman–Crippen MR) is 101 cm³/mol. The smallest absolute Gasteiger partial charge is 0.408 e. The van der Waals surface area contributed by atoms with Crippen molar-refractivity contribution in [2.24, 2.45) is 5.73 Å². The highest BCUT2D eigenvalue weighted by molar-refractivity contribution is 6.31. The Bertz CT molecular complexity index is 732. The maximum atomic E-state index is 12.1. The number of primary amides is 1. The number of hydrogen-bond acceptors (Lipinski definition) is 6. The van der Waals surface area contributed by atoms with Crippen LogP contribution in [0.15, 0.2) is 30.5 Å². The quantitative estimate of drug-likeness (QED) is 0.686. The van der Waals surface area contributed by atoms with Crippen LogP contribution in [0.1, 0.15) is 20.8 Å². The van der Waals surface area contributed by atoms with Crippen molar-refractivity contribution in [1.29, 1.82) is 0 Å². The zero-order valence-corrected chi connectivity index (χ0v) is 15.9. The van der Waals surface area contributed by atoms with Crippen LogP contribution in [0.5, 0.6) is 0 Å². The molecule has 5 N–H and O–H groups in total. The average molecular weight is 382 g/mol. The molecule has 26 heavy (non-hydrogen) atoms. The van der Waals surface area contributed by atoms with Crippen molar-refractivity contribution < 1.29 is 14.3 Å². The first-order chi connectivity index (χ1) is 12.0. The van der Waals surface area contributed by atoms with Crippen molar-refractivity contribution in [3.05, 3.63) is 35.5 Å². The number of ether oxygens (including phenoxy) is 1. The summed E-state index contributed by atoms with van der Waals surface area (Å²) >= 11 is 6.09. The molecular formula is C17H24ClN5O3. The van der Waals surface area contributed by atoms with Gasteiger partial charge in [0, 0.05) is 18.3 Å². The standard InChI is InChI=1S/C17H24ClN5O3/c1-17(2,3)26-16(25)21-14(15(20)24)12-7-8-22(4)23(12)13-9-10(18)5-6-11(13)19/h5-9,12,14H,19H2,1-4H3,(H2,20,24)(H,21,25). The van der Waals surface area contributed by atoms with Gasteiger partial charge in [0.2, 0.25) is 5.91 Å². The third-order valence-electron chi connectivity index (χ3n) is 3.68. The number of halogens is 1. The molecule has 2 atom stereocenters. The number of anilines is 2. The summed E-state index contributed by atoms with van der Waals surface area (Å²) in [6.45, 7) is 5.19. The Balaban J connectivity index is 2.32. The molecule has 2 amide bonds. The van der Waals surface area contributed by atoms with Crippen LogP contribution in [0.4, 0.5) is 16.2 Å². The number of hydrogen-bond donors (Lipinski definition) is 3. The van der Waals surface area contributed by atoms with Crippen LogP contribution >= 0.6 is 11.6 Å². The Kier molecular flexibility index (Phi) is 5.56. The minimum Gasteiger partial charge on any atom is -0.444 e. The van der Waals surface area contributed by atoms with Gasteiger partial charge in [-0.1, -0.05) is 11.6 Å². The number of nitrogens with one attached hydrogen (secondary N) is 1. The second-order valence-corrected chi connectivity index (χ2v) is 7.42. The molecular weight excluding hydrogens is 358 g/mol. The molecule has 9 heteroatoms. The molecule has 1 aliphatic heterocycles. The van der Waals surface area contributed by atoms with E-state index in [0.717, 1.165) is 0 Å². The van der Waals surface area contributed by atoms with E-state index in [9.17, 15) is 9.59 Å². The Hall–Kier alpha value is -2.61. The zero-order chi connectivity index (χ0) is 19.6. The van der Waals surface area contributed by atoms with E-state index >= 15 is 0 Å². The first-order valence-electron chi connectivity index (χ1n) is 8.04. The van der Waals surface area contributed by atoms with Crippen molar-refractivity contribution in [2.75, 3.05) is 17.8 Å². The molecule has 1 aromatic rings. The first-order valence-corrected chi connectivity index (χ1v) is 8.41. The molecule has 0 radical (unpaired) electrons. The fourth-order valence-electron chi connectivity index (χ4n) is 2.63. The summed E-state index contributed by atoms with van der Waals surface area (Å²) in [5.41, 5.74) is 12.0. The minimum atomic E-state index is -1.04. The van der Waals surface area contributed by atoms with E-state index in [1.807, 2.05) is 0 Å². The molecule has 8 nitrogen and oxygen atoms in total. The summed E-state index contributed by atoms with van der Waals surface area (Å²) < 4.78 is 5.23. The highest BCUT2D eigenvalue weighted by atomic mass is 35.5. The Morgan fingerprint density at radius 2 is 2.00 bits per heavy atom. The number of rotatable bonds is 4. The number of hydrazine groups is 1. The van der Waals surface area contributed by atoms with Crippen LogP contribution in [-0.2, 0) is 9.53 Å². The number of carbonyl (C=O) groups excluding carboxylic acids is 2. The number of nitrogens with two attached hydrogens (primary N) is 2. The average Bonchev–Trinajstić information content (AvgIpc) is 2.86. The number of amides is 2. The first kappa shape index (κ1) is 19.7. The maximum Gasteiger partial charge on any atom is 0.408 e. The molecule has 2 unspecified atom stereocenters. The Morgan fingerprint density at radius 1 is 1.35 bits per heavy atom.